The maximum atomic E-state index is 12.8. The van der Waals surface area contributed by atoms with Gasteiger partial charge in [0.1, 0.15) is 18.1 Å². The predicted molar refractivity (Wildman–Crippen MR) is 113 cm³/mol. The Balaban J connectivity index is 1.41. The lowest BCUT2D eigenvalue weighted by Crippen LogP contribution is -2.31. The molecule has 1 aliphatic rings. The van der Waals surface area contributed by atoms with Gasteiger partial charge in [0, 0.05) is 17.6 Å². The Morgan fingerprint density at radius 1 is 1.06 bits per heavy atom. The number of fused-ring (bicyclic) bond motifs is 1. The molecule has 1 aliphatic heterocycles. The van der Waals surface area contributed by atoms with Crippen LogP contribution in [0.25, 0.3) is 0 Å². The van der Waals surface area contributed by atoms with Gasteiger partial charge < -0.3 is 14.1 Å². The van der Waals surface area contributed by atoms with Gasteiger partial charge in [-0.2, -0.15) is 0 Å². The van der Waals surface area contributed by atoms with E-state index in [0.29, 0.717) is 28.6 Å². The average Bonchev–Trinajstić information content (AvgIpc) is 3.36. The maximum absolute atomic E-state index is 12.8. The molecule has 2 aromatic carbocycles. The van der Waals surface area contributed by atoms with E-state index in [1.165, 1.54) is 23.3 Å². The minimum absolute atomic E-state index is 0.0450. The van der Waals surface area contributed by atoms with E-state index >= 15 is 0 Å². The van der Waals surface area contributed by atoms with E-state index in [-0.39, 0.29) is 30.2 Å². The van der Waals surface area contributed by atoms with Gasteiger partial charge in [0.05, 0.1) is 30.5 Å². The van der Waals surface area contributed by atoms with E-state index in [0.717, 1.165) is 4.90 Å². The average molecular weight is 439 g/mol. The summed E-state index contributed by atoms with van der Waals surface area (Å²) in [6.07, 6.45) is 1.48. The number of amides is 3. The Morgan fingerprint density at radius 3 is 2.61 bits per heavy atom. The Hall–Kier alpha value is -3.58. The minimum atomic E-state index is -0.446. The topological polar surface area (TPSA) is 80.1 Å². The summed E-state index contributed by atoms with van der Waals surface area (Å²) in [5, 5.41) is 0.570. The monoisotopic (exact) mass is 438 g/mol. The molecule has 0 aliphatic carbocycles. The summed E-state index contributed by atoms with van der Waals surface area (Å²) < 4.78 is 10.9. The van der Waals surface area contributed by atoms with E-state index < -0.39 is 11.8 Å². The van der Waals surface area contributed by atoms with Crippen molar-refractivity contribution in [2.75, 3.05) is 20.2 Å². The Morgan fingerprint density at radius 2 is 1.87 bits per heavy atom. The molecule has 0 bridgehead atoms. The van der Waals surface area contributed by atoms with Crippen LogP contribution in [0, 0.1) is 0 Å². The smallest absolute Gasteiger partial charge is 0.261 e. The second-order valence-corrected chi connectivity index (χ2v) is 7.51. The predicted octanol–water partition coefficient (Wildman–Crippen LogP) is 3.88. The molecule has 2 heterocycles. The number of imide groups is 1. The lowest BCUT2D eigenvalue weighted by atomic mass is 10.1. The first-order valence-corrected chi connectivity index (χ1v) is 9.98. The van der Waals surface area contributed by atoms with E-state index in [1.54, 1.807) is 49.5 Å². The number of rotatable bonds is 7. The molecule has 0 saturated heterocycles. The standard InChI is InChI=1S/C23H19ClN2O5/c1-25(9-11-31-17-5-2-4-16(24)13-17)21(27)15-7-8-19-20(12-15)23(29)26(22(19)28)14-18-6-3-10-30-18/h2-8,10,12-13H,9,11,14H2,1H3. The van der Waals surface area contributed by atoms with E-state index in [1.807, 2.05) is 0 Å². The zero-order valence-electron chi connectivity index (χ0n) is 16.7. The van der Waals surface area contributed by atoms with Crippen molar-refractivity contribution in [3.63, 3.8) is 0 Å². The number of halogens is 1. The van der Waals surface area contributed by atoms with Crippen LogP contribution in [0.3, 0.4) is 0 Å². The SMILES string of the molecule is CN(CCOc1cccc(Cl)c1)C(=O)c1ccc2c(c1)C(=O)N(Cc1ccco1)C2=O. The van der Waals surface area contributed by atoms with Gasteiger partial charge in [-0.25, -0.2) is 0 Å². The summed E-state index contributed by atoms with van der Waals surface area (Å²) in [4.78, 5) is 40.7. The molecule has 3 amide bonds. The molecule has 7 nitrogen and oxygen atoms in total. The van der Waals surface area contributed by atoms with Crippen LogP contribution in [-0.4, -0.2) is 47.7 Å². The number of furan rings is 1. The van der Waals surface area contributed by atoms with Crippen molar-refractivity contribution in [1.29, 1.82) is 0 Å². The summed E-state index contributed by atoms with van der Waals surface area (Å²) >= 11 is 5.93. The van der Waals surface area contributed by atoms with Gasteiger partial charge in [-0.1, -0.05) is 17.7 Å². The molecule has 0 radical (unpaired) electrons. The first-order valence-electron chi connectivity index (χ1n) is 9.60. The normalized spacial score (nSPS) is 12.8. The number of hydrogen-bond donors (Lipinski definition) is 0. The third kappa shape index (κ3) is 4.32. The Kier molecular flexibility index (Phi) is 5.77. The fraction of sp³-hybridized carbons (Fsp3) is 0.174. The lowest BCUT2D eigenvalue weighted by Gasteiger charge is -2.18. The molecule has 0 saturated carbocycles. The van der Waals surface area contributed by atoms with E-state index in [2.05, 4.69) is 0 Å². The molecule has 3 aromatic rings. The highest BCUT2D eigenvalue weighted by Crippen LogP contribution is 2.26. The number of benzene rings is 2. The fourth-order valence-electron chi connectivity index (χ4n) is 3.30. The molecule has 0 spiro atoms. The fourth-order valence-corrected chi connectivity index (χ4v) is 3.49. The van der Waals surface area contributed by atoms with Gasteiger partial charge >= 0.3 is 0 Å². The highest BCUT2D eigenvalue weighted by Gasteiger charge is 2.36. The van der Waals surface area contributed by atoms with Gasteiger partial charge in [-0.05, 0) is 48.5 Å². The molecule has 158 valence electrons. The van der Waals surface area contributed by atoms with Crippen LogP contribution in [0.1, 0.15) is 36.8 Å². The summed E-state index contributed by atoms with van der Waals surface area (Å²) in [6.45, 7) is 0.658. The first kappa shape index (κ1) is 20.7. The third-order valence-corrected chi connectivity index (χ3v) is 5.18. The van der Waals surface area contributed by atoms with Gasteiger partial charge in [0.15, 0.2) is 0 Å². The second-order valence-electron chi connectivity index (χ2n) is 7.07. The van der Waals surface area contributed by atoms with Crippen molar-refractivity contribution in [2.45, 2.75) is 6.54 Å². The van der Waals surface area contributed by atoms with Crippen LogP contribution in [0.5, 0.6) is 5.75 Å². The lowest BCUT2D eigenvalue weighted by molar-refractivity contribution is 0.0631. The van der Waals surface area contributed by atoms with Gasteiger partial charge in [0.25, 0.3) is 17.7 Å². The number of carbonyl (C=O) groups excluding carboxylic acids is 3. The van der Waals surface area contributed by atoms with E-state index in [9.17, 15) is 14.4 Å². The van der Waals surface area contributed by atoms with Gasteiger partial charge in [-0.3, -0.25) is 19.3 Å². The minimum Gasteiger partial charge on any atom is -0.492 e. The summed E-state index contributed by atoms with van der Waals surface area (Å²) in [6, 6.07) is 14.9. The maximum Gasteiger partial charge on any atom is 0.261 e. The molecule has 0 atom stereocenters. The molecule has 4 rings (SSSR count). The second kappa shape index (κ2) is 8.65. The molecule has 0 fully saturated rings. The van der Waals surface area contributed by atoms with Crippen LogP contribution in [0.15, 0.2) is 65.3 Å². The van der Waals surface area contributed by atoms with Crippen molar-refractivity contribution in [3.05, 3.63) is 88.3 Å². The number of ether oxygens (including phenoxy) is 1. The summed E-state index contributed by atoms with van der Waals surface area (Å²) in [5.41, 5.74) is 0.816. The van der Waals surface area contributed by atoms with Gasteiger partial charge in [0.2, 0.25) is 0 Å². The van der Waals surface area contributed by atoms with Crippen LogP contribution < -0.4 is 4.74 Å². The molecular weight excluding hydrogens is 420 g/mol. The molecule has 0 unspecified atom stereocenters. The highest BCUT2D eigenvalue weighted by atomic mass is 35.5. The largest absolute Gasteiger partial charge is 0.492 e. The van der Waals surface area contributed by atoms with Crippen molar-refractivity contribution >= 4 is 29.3 Å². The molecular formula is C23H19ClN2O5. The zero-order valence-corrected chi connectivity index (χ0v) is 17.5. The van der Waals surface area contributed by atoms with Crippen molar-refractivity contribution in [2.24, 2.45) is 0 Å². The molecule has 8 heteroatoms. The van der Waals surface area contributed by atoms with Crippen molar-refractivity contribution in [3.8, 4) is 5.75 Å². The number of hydrogen-bond acceptors (Lipinski definition) is 5. The molecule has 1 aromatic heterocycles. The quantitative estimate of drug-likeness (QED) is 0.523. The van der Waals surface area contributed by atoms with Crippen LogP contribution in [0.4, 0.5) is 0 Å². The van der Waals surface area contributed by atoms with E-state index in [4.69, 9.17) is 20.8 Å². The number of likely N-dealkylation sites (N-methyl/N-ethyl adjacent to an activating group) is 1. The summed E-state index contributed by atoms with van der Waals surface area (Å²) in [5.74, 6) is -0.00391. The zero-order chi connectivity index (χ0) is 22.0. The Labute approximate surface area is 183 Å². The number of carbonyl (C=O) groups is 3. The molecule has 0 N–H and O–H groups in total. The third-order valence-electron chi connectivity index (χ3n) is 4.95. The van der Waals surface area contributed by atoms with Crippen molar-refractivity contribution in [1.82, 2.24) is 9.80 Å². The Bertz CT molecular complexity index is 1140. The summed E-state index contributed by atoms with van der Waals surface area (Å²) in [7, 11) is 1.65. The number of nitrogens with zero attached hydrogens (tertiary/aromatic N) is 2. The first-order chi connectivity index (χ1) is 14.9. The van der Waals surface area contributed by atoms with Crippen LogP contribution in [0.2, 0.25) is 5.02 Å². The van der Waals surface area contributed by atoms with Crippen LogP contribution >= 0.6 is 11.6 Å². The molecule has 31 heavy (non-hydrogen) atoms. The van der Waals surface area contributed by atoms with Crippen LogP contribution in [-0.2, 0) is 6.54 Å². The highest BCUT2D eigenvalue weighted by molar-refractivity contribution is 6.30. The van der Waals surface area contributed by atoms with Gasteiger partial charge in [-0.15, -0.1) is 0 Å². The van der Waals surface area contributed by atoms with Crippen molar-refractivity contribution < 1.29 is 23.5 Å².